The highest BCUT2D eigenvalue weighted by Gasteiger charge is 2.38. The van der Waals surface area contributed by atoms with Crippen LogP contribution in [0.1, 0.15) is 12.8 Å². The normalized spacial score (nSPS) is 17.3. The third-order valence-electron chi connectivity index (χ3n) is 3.54. The standard InChI is InChI=1S/C12H18F2N4O2.ClH/c13-10(14)7-18-6-9(5-16-18)17-11(19)12(8-15)1-3-20-4-2-12;/h5-6,10H,1-4,7-8,15H2,(H,17,19);1H. The number of anilines is 1. The van der Waals surface area contributed by atoms with Gasteiger partial charge in [0.2, 0.25) is 5.91 Å². The maximum Gasteiger partial charge on any atom is 0.257 e. The molecule has 0 aromatic carbocycles. The van der Waals surface area contributed by atoms with Gasteiger partial charge in [0.1, 0.15) is 6.54 Å². The Morgan fingerprint density at radius 2 is 2.19 bits per heavy atom. The monoisotopic (exact) mass is 324 g/mol. The fraction of sp³-hybridized carbons (Fsp3) is 0.667. The lowest BCUT2D eigenvalue weighted by molar-refractivity contribution is -0.130. The van der Waals surface area contributed by atoms with Crippen LogP contribution in [0.25, 0.3) is 0 Å². The fourth-order valence-corrected chi connectivity index (χ4v) is 2.22. The second-order valence-electron chi connectivity index (χ2n) is 4.89. The molecule has 21 heavy (non-hydrogen) atoms. The molecule has 0 bridgehead atoms. The van der Waals surface area contributed by atoms with E-state index in [-0.39, 0.29) is 24.9 Å². The Bertz CT molecular complexity index is 464. The molecule has 1 saturated heterocycles. The van der Waals surface area contributed by atoms with E-state index in [1.54, 1.807) is 0 Å². The highest BCUT2D eigenvalue weighted by Crippen LogP contribution is 2.30. The summed E-state index contributed by atoms with van der Waals surface area (Å²) in [4.78, 5) is 12.3. The highest BCUT2D eigenvalue weighted by atomic mass is 35.5. The molecule has 2 heterocycles. The van der Waals surface area contributed by atoms with Gasteiger partial charge in [0, 0.05) is 26.0 Å². The summed E-state index contributed by atoms with van der Waals surface area (Å²) in [5.74, 6) is -0.208. The third kappa shape index (κ3) is 4.36. The molecule has 0 atom stereocenters. The van der Waals surface area contributed by atoms with Crippen molar-refractivity contribution in [2.45, 2.75) is 25.8 Å². The van der Waals surface area contributed by atoms with Crippen molar-refractivity contribution >= 4 is 24.0 Å². The first kappa shape index (κ1) is 17.8. The first-order chi connectivity index (χ1) is 9.55. The Morgan fingerprint density at radius 1 is 1.52 bits per heavy atom. The number of carbonyl (C=O) groups excluding carboxylic acids is 1. The molecule has 3 N–H and O–H groups in total. The largest absolute Gasteiger partial charge is 0.381 e. The van der Waals surface area contributed by atoms with Gasteiger partial charge in [0.05, 0.1) is 17.3 Å². The summed E-state index contributed by atoms with van der Waals surface area (Å²) >= 11 is 0. The van der Waals surface area contributed by atoms with Crippen molar-refractivity contribution in [2.24, 2.45) is 11.1 Å². The van der Waals surface area contributed by atoms with Crippen LogP contribution in [-0.4, -0.2) is 41.9 Å². The van der Waals surface area contributed by atoms with Crippen molar-refractivity contribution < 1.29 is 18.3 Å². The number of hydrogen-bond donors (Lipinski definition) is 2. The Labute approximate surface area is 127 Å². The smallest absolute Gasteiger partial charge is 0.257 e. The van der Waals surface area contributed by atoms with E-state index >= 15 is 0 Å². The molecule has 0 unspecified atom stereocenters. The number of carbonyl (C=O) groups is 1. The van der Waals surface area contributed by atoms with E-state index < -0.39 is 18.4 Å². The Morgan fingerprint density at radius 3 is 2.76 bits per heavy atom. The number of ether oxygens (including phenoxy) is 1. The summed E-state index contributed by atoms with van der Waals surface area (Å²) in [5.41, 5.74) is 5.48. The Balaban J connectivity index is 0.00000220. The summed E-state index contributed by atoms with van der Waals surface area (Å²) in [6.45, 7) is 0.726. The van der Waals surface area contributed by atoms with Crippen molar-refractivity contribution in [2.75, 3.05) is 25.1 Å². The van der Waals surface area contributed by atoms with Crippen LogP contribution in [0.2, 0.25) is 0 Å². The SMILES string of the molecule is Cl.NCC1(C(=O)Nc2cnn(CC(F)F)c2)CCOCC1. The molecule has 1 aliphatic heterocycles. The van der Waals surface area contributed by atoms with Crippen molar-refractivity contribution in [3.63, 3.8) is 0 Å². The number of alkyl halides is 2. The topological polar surface area (TPSA) is 82.2 Å². The average molecular weight is 325 g/mol. The molecule has 0 spiro atoms. The van der Waals surface area contributed by atoms with Gasteiger partial charge in [-0.15, -0.1) is 12.4 Å². The van der Waals surface area contributed by atoms with Crippen molar-refractivity contribution in [1.29, 1.82) is 0 Å². The molecule has 9 heteroatoms. The van der Waals surface area contributed by atoms with Gasteiger partial charge in [-0.05, 0) is 12.8 Å². The summed E-state index contributed by atoms with van der Waals surface area (Å²) < 4.78 is 30.8. The summed E-state index contributed by atoms with van der Waals surface area (Å²) in [6, 6.07) is 0. The van der Waals surface area contributed by atoms with Gasteiger partial charge < -0.3 is 15.8 Å². The van der Waals surface area contributed by atoms with Crippen LogP contribution < -0.4 is 11.1 Å². The van der Waals surface area contributed by atoms with E-state index in [0.29, 0.717) is 31.7 Å². The number of rotatable bonds is 5. The summed E-state index contributed by atoms with van der Waals surface area (Å²) in [6.07, 6.45) is 1.36. The second-order valence-corrected chi connectivity index (χ2v) is 4.89. The number of hydrogen-bond acceptors (Lipinski definition) is 4. The lowest BCUT2D eigenvalue weighted by atomic mass is 9.79. The van der Waals surface area contributed by atoms with E-state index in [9.17, 15) is 13.6 Å². The summed E-state index contributed by atoms with van der Waals surface area (Å²) in [5, 5.41) is 6.46. The third-order valence-corrected chi connectivity index (χ3v) is 3.54. The van der Waals surface area contributed by atoms with Gasteiger partial charge in [-0.3, -0.25) is 9.48 Å². The molecule has 0 aliphatic carbocycles. The van der Waals surface area contributed by atoms with Crippen LogP contribution in [0.15, 0.2) is 12.4 Å². The van der Waals surface area contributed by atoms with Crippen LogP contribution in [0.4, 0.5) is 14.5 Å². The molecule has 0 radical (unpaired) electrons. The minimum atomic E-state index is -2.48. The lowest BCUT2D eigenvalue weighted by Crippen LogP contribution is -2.46. The van der Waals surface area contributed by atoms with E-state index in [0.717, 1.165) is 4.68 Å². The predicted octanol–water partition coefficient (Wildman–Crippen LogP) is 1.26. The van der Waals surface area contributed by atoms with Gasteiger partial charge in [-0.25, -0.2) is 8.78 Å². The van der Waals surface area contributed by atoms with Crippen LogP contribution in [0.5, 0.6) is 0 Å². The minimum Gasteiger partial charge on any atom is -0.381 e. The van der Waals surface area contributed by atoms with Gasteiger partial charge >= 0.3 is 0 Å². The molecular formula is C12H19ClF2N4O2. The van der Waals surface area contributed by atoms with Crippen LogP contribution >= 0.6 is 12.4 Å². The number of halogens is 3. The molecule has 1 aliphatic rings. The Hall–Kier alpha value is -1.25. The van der Waals surface area contributed by atoms with Crippen LogP contribution in [0, 0.1) is 5.41 Å². The van der Waals surface area contributed by atoms with E-state index in [2.05, 4.69) is 10.4 Å². The van der Waals surface area contributed by atoms with Gasteiger partial charge in [0.15, 0.2) is 0 Å². The zero-order valence-electron chi connectivity index (χ0n) is 11.4. The quantitative estimate of drug-likeness (QED) is 0.854. The minimum absolute atomic E-state index is 0. The van der Waals surface area contributed by atoms with Crippen molar-refractivity contribution in [3.8, 4) is 0 Å². The van der Waals surface area contributed by atoms with E-state index in [1.165, 1.54) is 12.4 Å². The molecule has 1 fully saturated rings. The van der Waals surface area contributed by atoms with Crippen LogP contribution in [0.3, 0.4) is 0 Å². The number of amides is 1. The predicted molar refractivity (Wildman–Crippen MR) is 75.6 cm³/mol. The number of nitrogens with two attached hydrogens (primary N) is 1. The first-order valence-electron chi connectivity index (χ1n) is 6.46. The van der Waals surface area contributed by atoms with E-state index in [1.807, 2.05) is 0 Å². The fourth-order valence-electron chi connectivity index (χ4n) is 2.22. The van der Waals surface area contributed by atoms with Crippen LogP contribution in [-0.2, 0) is 16.1 Å². The molecule has 0 saturated carbocycles. The Kier molecular flexibility index (Phi) is 6.50. The average Bonchev–Trinajstić information content (AvgIpc) is 2.85. The number of nitrogens with one attached hydrogen (secondary N) is 1. The lowest BCUT2D eigenvalue weighted by Gasteiger charge is -2.34. The molecule has 6 nitrogen and oxygen atoms in total. The van der Waals surface area contributed by atoms with E-state index in [4.69, 9.17) is 10.5 Å². The molecule has 1 amide bonds. The highest BCUT2D eigenvalue weighted by molar-refractivity contribution is 5.95. The molecule has 1 aromatic heterocycles. The van der Waals surface area contributed by atoms with Gasteiger partial charge in [-0.2, -0.15) is 5.10 Å². The first-order valence-corrected chi connectivity index (χ1v) is 6.46. The maximum atomic E-state index is 12.3. The number of aromatic nitrogens is 2. The number of nitrogens with zero attached hydrogens (tertiary/aromatic N) is 2. The molecule has 120 valence electrons. The van der Waals surface area contributed by atoms with Gasteiger partial charge in [0.25, 0.3) is 6.43 Å². The summed E-state index contributed by atoms with van der Waals surface area (Å²) in [7, 11) is 0. The maximum absolute atomic E-state index is 12.3. The van der Waals surface area contributed by atoms with Crippen molar-refractivity contribution in [1.82, 2.24) is 9.78 Å². The zero-order valence-corrected chi connectivity index (χ0v) is 12.2. The zero-order chi connectivity index (χ0) is 14.6. The molecular weight excluding hydrogens is 306 g/mol. The molecule has 2 rings (SSSR count). The van der Waals surface area contributed by atoms with Gasteiger partial charge in [-0.1, -0.05) is 0 Å². The second kappa shape index (κ2) is 7.67. The van der Waals surface area contributed by atoms with Crippen molar-refractivity contribution in [3.05, 3.63) is 12.4 Å². The molecule has 1 aromatic rings.